The quantitative estimate of drug-likeness (QED) is 0.628. The molecule has 1 unspecified atom stereocenters. The van der Waals surface area contributed by atoms with E-state index in [1.54, 1.807) is 36.5 Å². The van der Waals surface area contributed by atoms with E-state index in [-0.39, 0.29) is 18.4 Å². The van der Waals surface area contributed by atoms with Gasteiger partial charge in [-0.05, 0) is 48.7 Å². The maximum Gasteiger partial charge on any atom is 0.255 e. The standard InChI is InChI=1S/C26H28N4O4/c1-33-20-7-4-18(5-8-20)26(10-2-3-11-26)25(32)30-14-15-34-23(17-30)24(31)29-19-6-9-21-22(16-19)28-13-12-27-21/h4-9,12-13,16,23H,2-3,10-11,14-15,17H2,1H3,(H,29,31). The van der Waals surface area contributed by atoms with Crippen LogP contribution in [-0.2, 0) is 19.7 Å². The second-order valence-electron chi connectivity index (χ2n) is 8.88. The van der Waals surface area contributed by atoms with Crippen molar-refractivity contribution in [3.05, 3.63) is 60.4 Å². The lowest BCUT2D eigenvalue weighted by molar-refractivity contribution is -0.149. The maximum absolute atomic E-state index is 13.8. The van der Waals surface area contributed by atoms with Gasteiger partial charge in [0.05, 0.1) is 36.7 Å². The number of nitrogens with one attached hydrogen (secondary N) is 1. The Balaban J connectivity index is 1.31. The highest BCUT2D eigenvalue weighted by molar-refractivity contribution is 5.97. The van der Waals surface area contributed by atoms with E-state index in [9.17, 15) is 9.59 Å². The zero-order chi connectivity index (χ0) is 23.5. The van der Waals surface area contributed by atoms with Gasteiger partial charge in [0, 0.05) is 24.6 Å². The number of nitrogens with zero attached hydrogens (tertiary/aromatic N) is 3. The number of amides is 2. The zero-order valence-corrected chi connectivity index (χ0v) is 19.2. The molecule has 34 heavy (non-hydrogen) atoms. The van der Waals surface area contributed by atoms with Gasteiger partial charge in [0.25, 0.3) is 5.91 Å². The number of hydrogen-bond acceptors (Lipinski definition) is 6. The van der Waals surface area contributed by atoms with E-state index >= 15 is 0 Å². The normalized spacial score (nSPS) is 19.7. The topological polar surface area (TPSA) is 93.6 Å². The van der Waals surface area contributed by atoms with Crippen LogP contribution < -0.4 is 10.1 Å². The lowest BCUT2D eigenvalue weighted by atomic mass is 9.77. The molecule has 2 aliphatic rings. The van der Waals surface area contributed by atoms with Crippen LogP contribution in [0.4, 0.5) is 5.69 Å². The number of methoxy groups -OCH3 is 1. The van der Waals surface area contributed by atoms with E-state index in [1.807, 2.05) is 30.3 Å². The summed E-state index contributed by atoms with van der Waals surface area (Å²) in [7, 11) is 1.63. The van der Waals surface area contributed by atoms with Crippen LogP contribution in [0.2, 0.25) is 0 Å². The van der Waals surface area contributed by atoms with Gasteiger partial charge in [0.15, 0.2) is 6.10 Å². The van der Waals surface area contributed by atoms with Gasteiger partial charge >= 0.3 is 0 Å². The molecule has 1 saturated carbocycles. The summed E-state index contributed by atoms with van der Waals surface area (Å²) in [6.45, 7) is 1.04. The SMILES string of the molecule is COc1ccc(C2(C(=O)N3CCOC(C(=O)Nc4ccc5nccnc5c4)C3)CCCC2)cc1. The van der Waals surface area contributed by atoms with E-state index < -0.39 is 11.5 Å². The Morgan fingerprint density at radius 3 is 2.53 bits per heavy atom. The number of anilines is 1. The van der Waals surface area contributed by atoms with E-state index in [4.69, 9.17) is 9.47 Å². The highest BCUT2D eigenvalue weighted by Gasteiger charge is 2.46. The number of hydrogen-bond donors (Lipinski definition) is 1. The van der Waals surface area contributed by atoms with E-state index in [0.29, 0.717) is 24.4 Å². The van der Waals surface area contributed by atoms with Gasteiger partial charge < -0.3 is 19.7 Å². The summed E-state index contributed by atoms with van der Waals surface area (Å²) in [5, 5.41) is 2.90. The fraction of sp³-hybridized carbons (Fsp3) is 0.385. The van der Waals surface area contributed by atoms with Crippen molar-refractivity contribution in [3.8, 4) is 5.75 Å². The lowest BCUT2D eigenvalue weighted by Crippen LogP contribution is -2.54. The average molecular weight is 461 g/mol. The van der Waals surface area contributed by atoms with Crippen LogP contribution >= 0.6 is 0 Å². The molecular weight excluding hydrogens is 432 g/mol. The van der Waals surface area contributed by atoms with Crippen molar-refractivity contribution in [3.63, 3.8) is 0 Å². The summed E-state index contributed by atoms with van der Waals surface area (Å²) < 4.78 is 11.1. The van der Waals surface area contributed by atoms with Crippen molar-refractivity contribution in [1.82, 2.24) is 14.9 Å². The third-order valence-corrected chi connectivity index (χ3v) is 6.89. The molecule has 2 heterocycles. The van der Waals surface area contributed by atoms with Gasteiger partial charge in [0.1, 0.15) is 5.75 Å². The molecule has 3 aromatic rings. The van der Waals surface area contributed by atoms with Gasteiger partial charge in [-0.3, -0.25) is 19.6 Å². The minimum atomic E-state index is -0.732. The highest BCUT2D eigenvalue weighted by atomic mass is 16.5. The number of benzene rings is 2. The number of fused-ring (bicyclic) bond motifs is 1. The molecule has 8 heteroatoms. The summed E-state index contributed by atoms with van der Waals surface area (Å²) in [4.78, 5) is 37.2. The molecule has 0 bridgehead atoms. The number of carbonyl (C=O) groups excluding carboxylic acids is 2. The predicted molar refractivity (Wildman–Crippen MR) is 128 cm³/mol. The zero-order valence-electron chi connectivity index (χ0n) is 19.2. The molecule has 1 atom stereocenters. The Labute approximate surface area is 198 Å². The molecule has 5 rings (SSSR count). The van der Waals surface area contributed by atoms with Crippen molar-refractivity contribution in [2.24, 2.45) is 0 Å². The third-order valence-electron chi connectivity index (χ3n) is 6.89. The molecule has 2 aromatic carbocycles. The molecule has 0 radical (unpaired) electrons. The molecule has 1 saturated heterocycles. The Hall–Kier alpha value is -3.52. The summed E-state index contributed by atoms with van der Waals surface area (Å²) in [6.07, 6.45) is 6.15. The first-order valence-corrected chi connectivity index (χ1v) is 11.7. The number of rotatable bonds is 5. The van der Waals surface area contributed by atoms with E-state index in [2.05, 4.69) is 15.3 Å². The second kappa shape index (κ2) is 9.38. The predicted octanol–water partition coefficient (Wildman–Crippen LogP) is 3.32. The molecule has 1 aromatic heterocycles. The van der Waals surface area contributed by atoms with Crippen molar-refractivity contribution in [2.45, 2.75) is 37.2 Å². The van der Waals surface area contributed by atoms with E-state index in [1.165, 1.54) is 0 Å². The van der Waals surface area contributed by atoms with Crippen molar-refractivity contribution in [1.29, 1.82) is 0 Å². The molecule has 2 amide bonds. The van der Waals surface area contributed by atoms with Gasteiger partial charge in [-0.1, -0.05) is 25.0 Å². The lowest BCUT2D eigenvalue weighted by Gasteiger charge is -2.39. The van der Waals surface area contributed by atoms with Crippen LogP contribution in [0.25, 0.3) is 11.0 Å². The Morgan fingerprint density at radius 1 is 1.06 bits per heavy atom. The number of ether oxygens (including phenoxy) is 2. The summed E-state index contributed by atoms with van der Waals surface area (Å²) in [6, 6.07) is 13.2. The van der Waals surface area contributed by atoms with Gasteiger partial charge in [-0.25, -0.2) is 0 Å². The van der Waals surface area contributed by atoms with Crippen LogP contribution in [0.1, 0.15) is 31.2 Å². The van der Waals surface area contributed by atoms with Crippen molar-refractivity contribution in [2.75, 3.05) is 32.1 Å². The minimum Gasteiger partial charge on any atom is -0.497 e. The van der Waals surface area contributed by atoms with Crippen LogP contribution in [0, 0.1) is 0 Å². The van der Waals surface area contributed by atoms with Gasteiger partial charge in [-0.2, -0.15) is 0 Å². The summed E-state index contributed by atoms with van der Waals surface area (Å²) in [5.41, 5.74) is 2.54. The molecule has 8 nitrogen and oxygen atoms in total. The fourth-order valence-corrected chi connectivity index (χ4v) is 5.07. The molecular formula is C26H28N4O4. The number of carbonyl (C=O) groups is 2. The molecule has 1 aliphatic carbocycles. The molecule has 2 fully saturated rings. The first-order chi connectivity index (χ1) is 16.6. The monoisotopic (exact) mass is 460 g/mol. The summed E-state index contributed by atoms with van der Waals surface area (Å²) >= 11 is 0. The van der Waals surface area contributed by atoms with Gasteiger partial charge in [0.2, 0.25) is 5.91 Å². The summed E-state index contributed by atoms with van der Waals surface area (Å²) in [5.74, 6) is 0.579. The second-order valence-corrected chi connectivity index (χ2v) is 8.88. The van der Waals surface area contributed by atoms with Crippen molar-refractivity contribution < 1.29 is 19.1 Å². The maximum atomic E-state index is 13.8. The van der Waals surface area contributed by atoms with Gasteiger partial charge in [-0.15, -0.1) is 0 Å². The Bertz CT molecular complexity index is 1190. The van der Waals surface area contributed by atoms with Crippen LogP contribution in [-0.4, -0.2) is 59.6 Å². The van der Waals surface area contributed by atoms with Crippen LogP contribution in [0.5, 0.6) is 5.75 Å². The average Bonchev–Trinajstić information content (AvgIpc) is 3.39. The largest absolute Gasteiger partial charge is 0.497 e. The van der Waals surface area contributed by atoms with Crippen LogP contribution in [0.15, 0.2) is 54.9 Å². The highest BCUT2D eigenvalue weighted by Crippen LogP contribution is 2.43. The van der Waals surface area contributed by atoms with Crippen LogP contribution in [0.3, 0.4) is 0 Å². The van der Waals surface area contributed by atoms with E-state index in [0.717, 1.165) is 42.5 Å². The fourth-order valence-electron chi connectivity index (χ4n) is 5.07. The molecule has 1 N–H and O–H groups in total. The Morgan fingerprint density at radius 2 is 1.79 bits per heavy atom. The number of aromatic nitrogens is 2. The number of morpholine rings is 1. The molecule has 176 valence electrons. The smallest absolute Gasteiger partial charge is 0.255 e. The Kier molecular flexibility index (Phi) is 6.15. The molecule has 0 spiro atoms. The van der Waals surface area contributed by atoms with Crippen molar-refractivity contribution >= 4 is 28.5 Å². The molecule has 1 aliphatic heterocycles. The minimum absolute atomic E-state index is 0.0808. The first-order valence-electron chi connectivity index (χ1n) is 11.7. The third kappa shape index (κ3) is 4.21. The first kappa shape index (κ1) is 22.3.